The Bertz CT molecular complexity index is 1320. The summed E-state index contributed by atoms with van der Waals surface area (Å²) in [5.74, 6) is 0.679. The van der Waals surface area contributed by atoms with Crippen molar-refractivity contribution in [3.05, 3.63) is 58.3 Å². The lowest BCUT2D eigenvalue weighted by Gasteiger charge is -2.37. The lowest BCUT2D eigenvalue weighted by atomic mass is 9.98. The third kappa shape index (κ3) is 4.84. The molecular formula is C28H35N7O. The fraction of sp³-hybridized carbons (Fsp3) is 0.429. The van der Waals surface area contributed by atoms with Gasteiger partial charge in [-0.2, -0.15) is 10.4 Å². The van der Waals surface area contributed by atoms with Crippen LogP contribution in [0, 0.1) is 25.2 Å². The minimum Gasteiger partial charge on any atom is -0.387 e. The molecule has 1 atom stereocenters. The number of nitrogens with one attached hydrogen (secondary N) is 2. The Kier molecular flexibility index (Phi) is 7.41. The Morgan fingerprint density at radius 1 is 1.06 bits per heavy atom. The molecule has 8 nitrogen and oxygen atoms in total. The molecule has 2 N–H and O–H groups in total. The Morgan fingerprint density at radius 2 is 1.78 bits per heavy atom. The Balaban J connectivity index is 1.68. The topological polar surface area (TPSA) is 97.2 Å². The largest absolute Gasteiger partial charge is 0.387 e. The molecule has 0 radical (unpaired) electrons. The van der Waals surface area contributed by atoms with E-state index in [9.17, 15) is 10.1 Å². The van der Waals surface area contributed by atoms with Crippen LogP contribution in [-0.4, -0.2) is 65.2 Å². The molecule has 0 spiro atoms. The molecule has 0 bridgehead atoms. The summed E-state index contributed by atoms with van der Waals surface area (Å²) >= 11 is 0. The smallest absolute Gasteiger partial charge is 0.256 e. The molecule has 1 aliphatic heterocycles. The van der Waals surface area contributed by atoms with Crippen molar-refractivity contribution in [1.29, 1.82) is 5.26 Å². The normalized spacial score (nSPS) is 15.1. The fourth-order valence-corrected chi connectivity index (χ4v) is 4.96. The minimum atomic E-state index is -0.0879. The predicted octanol–water partition coefficient (Wildman–Crippen LogP) is 4.50. The second-order valence-electron chi connectivity index (χ2n) is 9.75. The van der Waals surface area contributed by atoms with Crippen LogP contribution in [0.5, 0.6) is 0 Å². The monoisotopic (exact) mass is 485 g/mol. The van der Waals surface area contributed by atoms with Crippen molar-refractivity contribution < 1.29 is 4.79 Å². The van der Waals surface area contributed by atoms with E-state index in [4.69, 9.17) is 0 Å². The van der Waals surface area contributed by atoms with E-state index in [1.165, 1.54) is 0 Å². The summed E-state index contributed by atoms with van der Waals surface area (Å²) in [5, 5.41) is 26.8. The highest BCUT2D eigenvalue weighted by Crippen LogP contribution is 2.32. The summed E-state index contributed by atoms with van der Waals surface area (Å²) in [5.41, 5.74) is 4.83. The Hall–Kier alpha value is -3.70. The minimum absolute atomic E-state index is 0.0349. The van der Waals surface area contributed by atoms with Crippen LogP contribution in [0.3, 0.4) is 0 Å². The number of fused-ring (bicyclic) bond motifs is 1. The first-order valence-electron chi connectivity index (χ1n) is 12.5. The molecule has 3 aromatic rings. The summed E-state index contributed by atoms with van der Waals surface area (Å²) in [7, 11) is 1.84. The fourth-order valence-electron chi connectivity index (χ4n) is 4.96. The molecular weight excluding hydrogens is 450 g/mol. The van der Waals surface area contributed by atoms with Crippen molar-refractivity contribution in [2.45, 2.75) is 46.7 Å². The van der Waals surface area contributed by atoms with Gasteiger partial charge in [0.25, 0.3) is 5.91 Å². The van der Waals surface area contributed by atoms with Gasteiger partial charge < -0.3 is 15.5 Å². The number of nitriles is 1. The van der Waals surface area contributed by atoms with Crippen molar-refractivity contribution in [3.8, 4) is 6.07 Å². The van der Waals surface area contributed by atoms with E-state index in [0.717, 1.165) is 59.5 Å². The Labute approximate surface area is 213 Å². The van der Waals surface area contributed by atoms with Gasteiger partial charge in [-0.3, -0.25) is 9.69 Å². The maximum Gasteiger partial charge on any atom is 0.256 e. The second kappa shape index (κ2) is 10.5. The molecule has 2 heterocycles. The number of carbonyl (C=O) groups excluding carboxylic acids is 1. The van der Waals surface area contributed by atoms with Crippen molar-refractivity contribution in [3.63, 3.8) is 0 Å². The highest BCUT2D eigenvalue weighted by atomic mass is 16.2. The maximum atomic E-state index is 13.5. The maximum absolute atomic E-state index is 13.5. The second-order valence-corrected chi connectivity index (χ2v) is 9.75. The molecule has 0 aliphatic carbocycles. The average Bonchev–Trinajstić information content (AvgIpc) is 2.89. The van der Waals surface area contributed by atoms with Gasteiger partial charge in [-0.05, 0) is 63.9 Å². The van der Waals surface area contributed by atoms with Crippen molar-refractivity contribution >= 4 is 28.2 Å². The molecule has 1 aromatic heterocycles. The third-order valence-electron chi connectivity index (χ3n) is 7.25. The summed E-state index contributed by atoms with van der Waals surface area (Å²) < 4.78 is 0. The van der Waals surface area contributed by atoms with E-state index in [2.05, 4.69) is 45.6 Å². The van der Waals surface area contributed by atoms with E-state index in [0.29, 0.717) is 23.0 Å². The van der Waals surface area contributed by atoms with Crippen molar-refractivity contribution in [2.24, 2.45) is 0 Å². The average molecular weight is 486 g/mol. The van der Waals surface area contributed by atoms with Crippen molar-refractivity contribution in [2.75, 3.05) is 43.9 Å². The molecule has 1 fully saturated rings. The number of hydrogen-bond donors (Lipinski definition) is 2. The first-order valence-corrected chi connectivity index (χ1v) is 12.5. The zero-order chi connectivity index (χ0) is 26.0. The molecule has 4 rings (SSSR count). The zero-order valence-corrected chi connectivity index (χ0v) is 22.0. The van der Waals surface area contributed by atoms with Crippen LogP contribution in [0.2, 0.25) is 0 Å². The van der Waals surface area contributed by atoms with Gasteiger partial charge >= 0.3 is 0 Å². The van der Waals surface area contributed by atoms with Crippen LogP contribution in [0.15, 0.2) is 30.3 Å². The number of carbonyl (C=O) groups is 1. The number of aryl methyl sites for hydroxylation is 1. The van der Waals surface area contributed by atoms with E-state index in [1.54, 1.807) is 0 Å². The van der Waals surface area contributed by atoms with Crippen LogP contribution >= 0.6 is 0 Å². The molecule has 1 amide bonds. The number of nitrogens with zero attached hydrogens (tertiary/aromatic N) is 5. The zero-order valence-electron chi connectivity index (χ0n) is 22.0. The SMILES string of the molecule is CNc1cc2c(N[C@H](C)c3cccc(C#N)c3C)nnc(C)c2cc1C(=O)N1CCN(C(C)C)CC1. The standard InChI is InChI=1S/C28H35N7O/c1-17(2)34-10-12-35(13-11-34)28(36)25-14-23-20(5)32-33-27(24(23)15-26(25)30-6)31-19(4)22-9-7-8-21(16-29)18(22)3/h7-9,14-15,17,19,30H,10-13H2,1-6H3,(H,31,33)/t19-/m1/s1. The summed E-state index contributed by atoms with van der Waals surface area (Å²) in [6.45, 7) is 13.5. The predicted molar refractivity (Wildman–Crippen MR) is 144 cm³/mol. The molecule has 0 saturated carbocycles. The van der Waals surface area contributed by atoms with Gasteiger partial charge in [0, 0.05) is 55.7 Å². The molecule has 1 saturated heterocycles. The van der Waals surface area contributed by atoms with Gasteiger partial charge in [-0.15, -0.1) is 5.10 Å². The molecule has 36 heavy (non-hydrogen) atoms. The lowest BCUT2D eigenvalue weighted by Crippen LogP contribution is -2.50. The van der Waals surface area contributed by atoms with Crippen LogP contribution in [-0.2, 0) is 0 Å². The number of rotatable bonds is 6. The molecule has 0 unspecified atom stereocenters. The lowest BCUT2D eigenvalue weighted by molar-refractivity contribution is 0.0596. The van der Waals surface area contributed by atoms with Gasteiger partial charge in [-0.1, -0.05) is 12.1 Å². The molecule has 188 valence electrons. The van der Waals surface area contributed by atoms with Crippen LogP contribution in [0.25, 0.3) is 10.8 Å². The number of amides is 1. The third-order valence-corrected chi connectivity index (χ3v) is 7.25. The number of hydrogen-bond acceptors (Lipinski definition) is 7. The molecule has 1 aliphatic rings. The highest BCUT2D eigenvalue weighted by molar-refractivity contribution is 6.06. The first kappa shape index (κ1) is 25.4. The first-order chi connectivity index (χ1) is 17.2. The van der Waals surface area contributed by atoms with Crippen LogP contribution in [0.4, 0.5) is 11.5 Å². The van der Waals surface area contributed by atoms with Crippen LogP contribution in [0.1, 0.15) is 59.6 Å². The van der Waals surface area contributed by atoms with E-state index < -0.39 is 0 Å². The van der Waals surface area contributed by atoms with Gasteiger partial charge in [0.05, 0.1) is 28.9 Å². The molecule has 2 aromatic carbocycles. The van der Waals surface area contributed by atoms with E-state index in [1.807, 2.05) is 63.1 Å². The highest BCUT2D eigenvalue weighted by Gasteiger charge is 2.26. The van der Waals surface area contributed by atoms with E-state index in [-0.39, 0.29) is 11.9 Å². The summed E-state index contributed by atoms with van der Waals surface area (Å²) in [6.07, 6.45) is 0. The quantitative estimate of drug-likeness (QED) is 0.531. The van der Waals surface area contributed by atoms with Gasteiger partial charge in [-0.25, -0.2) is 0 Å². The number of anilines is 2. The molecule has 8 heteroatoms. The van der Waals surface area contributed by atoms with Gasteiger partial charge in [0.2, 0.25) is 0 Å². The van der Waals surface area contributed by atoms with Gasteiger partial charge in [0.15, 0.2) is 5.82 Å². The summed E-state index contributed by atoms with van der Waals surface area (Å²) in [6, 6.07) is 12.3. The Morgan fingerprint density at radius 3 is 2.42 bits per heavy atom. The van der Waals surface area contributed by atoms with E-state index >= 15 is 0 Å². The number of piperazine rings is 1. The van der Waals surface area contributed by atoms with Crippen molar-refractivity contribution in [1.82, 2.24) is 20.0 Å². The number of aromatic nitrogens is 2. The van der Waals surface area contributed by atoms with Gasteiger partial charge in [0.1, 0.15) is 0 Å². The number of benzene rings is 2. The summed E-state index contributed by atoms with van der Waals surface area (Å²) in [4.78, 5) is 17.9. The van der Waals surface area contributed by atoms with Crippen LogP contribution < -0.4 is 10.6 Å².